The van der Waals surface area contributed by atoms with E-state index in [1.54, 1.807) is 0 Å². The molecule has 2 aromatic rings. The number of rotatable bonds is 5. The molecule has 2 atom stereocenters. The van der Waals surface area contributed by atoms with E-state index in [4.69, 9.17) is 0 Å². The zero-order chi connectivity index (χ0) is 17.9. The molecule has 1 saturated heterocycles. The molecule has 0 bridgehead atoms. The Morgan fingerprint density at radius 2 is 1.60 bits per heavy atom. The summed E-state index contributed by atoms with van der Waals surface area (Å²) in [4.78, 5) is 15.2. The van der Waals surface area contributed by atoms with E-state index in [-0.39, 0.29) is 11.3 Å². The number of benzene rings is 2. The summed E-state index contributed by atoms with van der Waals surface area (Å²) in [7, 11) is 0. The van der Waals surface area contributed by atoms with Gasteiger partial charge in [0.1, 0.15) is 0 Å². The molecule has 3 heteroatoms. The van der Waals surface area contributed by atoms with E-state index in [2.05, 4.69) is 63.2 Å². The Labute approximate surface area is 157 Å². The first-order valence-corrected chi connectivity index (χ1v) is 11.0. The summed E-state index contributed by atoms with van der Waals surface area (Å²) in [5.74, 6) is 0.910. The van der Waals surface area contributed by atoms with Gasteiger partial charge in [-0.15, -0.1) is 0 Å². The van der Waals surface area contributed by atoms with Gasteiger partial charge in [0, 0.05) is 0 Å². The molecule has 25 heavy (non-hydrogen) atoms. The van der Waals surface area contributed by atoms with Gasteiger partial charge >= 0.3 is 158 Å². The molecule has 1 amide bonds. The van der Waals surface area contributed by atoms with Crippen LogP contribution in [0.15, 0.2) is 60.7 Å². The second-order valence-corrected chi connectivity index (χ2v) is 10.3. The van der Waals surface area contributed by atoms with E-state index >= 15 is 0 Å². The fraction of sp³-hybridized carbons (Fsp3) is 0.409. The van der Waals surface area contributed by atoms with Crippen molar-refractivity contribution in [2.75, 3.05) is 11.4 Å². The van der Waals surface area contributed by atoms with Gasteiger partial charge < -0.3 is 0 Å². The SMILES string of the molecule is CC(C)(C)C[C@@H]1C(=O)N(c2ccccc2)C[C@H]1C[Se]c1ccccc1. The van der Waals surface area contributed by atoms with E-state index in [9.17, 15) is 4.79 Å². The van der Waals surface area contributed by atoms with Gasteiger partial charge in [-0.05, 0) is 0 Å². The molecule has 2 nitrogen and oxygen atoms in total. The summed E-state index contributed by atoms with van der Waals surface area (Å²) >= 11 is 0.426. The maximum absolute atomic E-state index is 13.1. The van der Waals surface area contributed by atoms with Crippen molar-refractivity contribution >= 4 is 31.0 Å². The van der Waals surface area contributed by atoms with Crippen molar-refractivity contribution in [3.8, 4) is 0 Å². The fourth-order valence-corrected chi connectivity index (χ4v) is 5.79. The Balaban J connectivity index is 1.77. The Bertz CT molecular complexity index is 693. The van der Waals surface area contributed by atoms with Crippen LogP contribution in [-0.4, -0.2) is 27.4 Å². The number of carbonyl (C=O) groups excluding carboxylic acids is 1. The molecule has 0 unspecified atom stereocenters. The number of nitrogens with zero attached hydrogens (tertiary/aromatic N) is 1. The van der Waals surface area contributed by atoms with E-state index in [1.807, 2.05) is 23.1 Å². The molecular formula is C22H27NOSe. The third-order valence-corrected chi connectivity index (χ3v) is 7.20. The van der Waals surface area contributed by atoms with Gasteiger partial charge in [-0.25, -0.2) is 0 Å². The summed E-state index contributed by atoms with van der Waals surface area (Å²) in [5, 5.41) is 1.13. The van der Waals surface area contributed by atoms with E-state index in [1.165, 1.54) is 4.46 Å². The zero-order valence-corrected chi connectivity index (χ0v) is 17.0. The summed E-state index contributed by atoms with van der Waals surface area (Å²) in [6.45, 7) is 7.58. The number of anilines is 1. The molecule has 0 aliphatic carbocycles. The van der Waals surface area contributed by atoms with Crippen molar-refractivity contribution in [3.05, 3.63) is 60.7 Å². The molecule has 132 valence electrons. The average Bonchev–Trinajstić information content (AvgIpc) is 2.89. The van der Waals surface area contributed by atoms with Crippen LogP contribution in [0.3, 0.4) is 0 Å². The quantitative estimate of drug-likeness (QED) is 0.691. The van der Waals surface area contributed by atoms with Crippen LogP contribution in [-0.2, 0) is 4.79 Å². The molecule has 2 aromatic carbocycles. The van der Waals surface area contributed by atoms with E-state index < -0.39 is 0 Å². The third-order valence-electron chi connectivity index (χ3n) is 4.68. The number of carbonyl (C=O) groups is 1. The molecule has 1 fully saturated rings. The van der Waals surface area contributed by atoms with Crippen LogP contribution in [0.5, 0.6) is 0 Å². The average molecular weight is 400 g/mol. The number of amides is 1. The van der Waals surface area contributed by atoms with Crippen LogP contribution in [0.2, 0.25) is 5.32 Å². The van der Waals surface area contributed by atoms with Crippen LogP contribution in [0.4, 0.5) is 5.69 Å². The van der Waals surface area contributed by atoms with Crippen molar-refractivity contribution in [2.45, 2.75) is 32.5 Å². The second kappa shape index (κ2) is 7.76. The van der Waals surface area contributed by atoms with Crippen LogP contribution < -0.4 is 9.36 Å². The van der Waals surface area contributed by atoms with Crippen LogP contribution in [0, 0.1) is 17.3 Å². The monoisotopic (exact) mass is 401 g/mol. The fourth-order valence-electron chi connectivity index (χ4n) is 3.50. The molecule has 0 spiro atoms. The van der Waals surface area contributed by atoms with Gasteiger partial charge in [-0.3, -0.25) is 0 Å². The number of hydrogen-bond acceptors (Lipinski definition) is 1. The van der Waals surface area contributed by atoms with Crippen molar-refractivity contribution in [2.24, 2.45) is 17.3 Å². The first kappa shape index (κ1) is 18.2. The zero-order valence-electron chi connectivity index (χ0n) is 15.3. The van der Waals surface area contributed by atoms with E-state index in [0.29, 0.717) is 26.8 Å². The normalized spacial score (nSPS) is 20.9. The van der Waals surface area contributed by atoms with Crippen LogP contribution in [0.25, 0.3) is 0 Å². The molecule has 3 rings (SSSR count). The van der Waals surface area contributed by atoms with Gasteiger partial charge in [0.25, 0.3) is 0 Å². The summed E-state index contributed by atoms with van der Waals surface area (Å²) < 4.78 is 1.43. The van der Waals surface area contributed by atoms with E-state index in [0.717, 1.165) is 24.0 Å². The molecule has 0 N–H and O–H groups in total. The maximum atomic E-state index is 13.1. The Morgan fingerprint density at radius 3 is 2.20 bits per heavy atom. The van der Waals surface area contributed by atoms with Gasteiger partial charge in [0.2, 0.25) is 0 Å². The van der Waals surface area contributed by atoms with Crippen LogP contribution in [0.1, 0.15) is 27.2 Å². The van der Waals surface area contributed by atoms with Crippen LogP contribution >= 0.6 is 0 Å². The molecule has 1 aliphatic rings. The summed E-state index contributed by atoms with van der Waals surface area (Å²) in [6, 6.07) is 20.9. The van der Waals surface area contributed by atoms with Gasteiger partial charge in [0.05, 0.1) is 0 Å². The first-order valence-electron chi connectivity index (χ1n) is 8.98. The van der Waals surface area contributed by atoms with Crippen molar-refractivity contribution in [3.63, 3.8) is 0 Å². The Morgan fingerprint density at radius 1 is 1.00 bits per heavy atom. The van der Waals surface area contributed by atoms with Crippen molar-refractivity contribution in [1.82, 2.24) is 0 Å². The molecule has 0 saturated carbocycles. The predicted molar refractivity (Wildman–Crippen MR) is 106 cm³/mol. The minimum absolute atomic E-state index is 0.144. The molecular weight excluding hydrogens is 373 g/mol. The summed E-state index contributed by atoms with van der Waals surface area (Å²) in [6.07, 6.45) is 0.963. The van der Waals surface area contributed by atoms with Gasteiger partial charge in [-0.2, -0.15) is 0 Å². The second-order valence-electron chi connectivity index (χ2n) is 8.04. The standard InChI is InChI=1S/C22H27NOSe/c1-22(2,3)14-20-17(16-25-19-12-8-5-9-13-19)15-23(21(20)24)18-10-6-4-7-11-18/h4-13,17,20H,14-16H2,1-3H3/t17-,20-/m0/s1. The van der Waals surface area contributed by atoms with Gasteiger partial charge in [-0.1, -0.05) is 0 Å². The topological polar surface area (TPSA) is 20.3 Å². The Hall–Kier alpha value is -1.57. The number of hydrogen-bond donors (Lipinski definition) is 0. The molecule has 0 radical (unpaired) electrons. The third kappa shape index (κ3) is 4.74. The number of para-hydroxylation sites is 1. The first-order chi connectivity index (χ1) is 11.9. The predicted octanol–water partition coefficient (Wildman–Crippen LogP) is 4.15. The van der Waals surface area contributed by atoms with Crippen molar-refractivity contribution in [1.29, 1.82) is 0 Å². The molecule has 1 aliphatic heterocycles. The Kier molecular flexibility index (Phi) is 5.66. The summed E-state index contributed by atoms with van der Waals surface area (Å²) in [5.41, 5.74) is 1.21. The molecule has 0 aromatic heterocycles. The molecule has 1 heterocycles. The van der Waals surface area contributed by atoms with Crippen molar-refractivity contribution < 1.29 is 4.79 Å². The van der Waals surface area contributed by atoms with Gasteiger partial charge in [0.15, 0.2) is 0 Å². The minimum atomic E-state index is 0.144.